The van der Waals surface area contributed by atoms with Crippen molar-refractivity contribution in [3.63, 3.8) is 0 Å². The number of anilines is 1. The Bertz CT molecular complexity index is 792. The van der Waals surface area contributed by atoms with E-state index in [-0.39, 0.29) is 17.9 Å². The van der Waals surface area contributed by atoms with Crippen LogP contribution in [-0.2, 0) is 9.53 Å². The fourth-order valence-electron chi connectivity index (χ4n) is 3.62. The van der Waals surface area contributed by atoms with Crippen molar-refractivity contribution < 1.29 is 14.1 Å². The quantitative estimate of drug-likeness (QED) is 0.891. The molecule has 8 heteroatoms. The number of hydrogen-bond donors (Lipinski definition) is 1. The molecule has 2 fully saturated rings. The van der Waals surface area contributed by atoms with E-state index in [9.17, 15) is 4.79 Å². The summed E-state index contributed by atoms with van der Waals surface area (Å²) in [4.78, 5) is 22.8. The van der Waals surface area contributed by atoms with E-state index in [0.29, 0.717) is 11.7 Å². The normalized spacial score (nSPS) is 21.3. The lowest BCUT2D eigenvalue weighted by molar-refractivity contribution is -0.122. The van der Waals surface area contributed by atoms with Gasteiger partial charge in [0.2, 0.25) is 11.9 Å². The number of carbonyl (C=O) groups excluding carboxylic acids is 1. The smallest absolute Gasteiger partial charge is 0.225 e. The second-order valence-corrected chi connectivity index (χ2v) is 6.97. The van der Waals surface area contributed by atoms with Crippen molar-refractivity contribution in [3.05, 3.63) is 23.7 Å². The van der Waals surface area contributed by atoms with E-state index in [4.69, 9.17) is 20.0 Å². The lowest BCUT2D eigenvalue weighted by Crippen LogP contribution is -2.39. The Morgan fingerprint density at radius 1 is 1.31 bits per heavy atom. The fraction of sp³-hybridized carbons (Fsp3) is 0.556. The first-order chi connectivity index (χ1) is 12.6. The largest absolute Gasteiger partial charge is 0.372 e. The minimum Gasteiger partial charge on any atom is -0.372 e. The van der Waals surface area contributed by atoms with E-state index in [1.807, 2.05) is 13.0 Å². The minimum absolute atomic E-state index is 0.0553. The molecule has 1 atom stereocenters. The average Bonchev–Trinajstić information content (AvgIpc) is 3.33. The fourth-order valence-corrected chi connectivity index (χ4v) is 3.62. The van der Waals surface area contributed by atoms with Gasteiger partial charge in [-0.15, -0.1) is 0 Å². The van der Waals surface area contributed by atoms with Gasteiger partial charge in [-0.25, -0.2) is 9.97 Å². The molecule has 138 valence electrons. The first-order valence-electron chi connectivity index (χ1n) is 9.08. The van der Waals surface area contributed by atoms with E-state index in [0.717, 1.165) is 62.3 Å². The van der Waals surface area contributed by atoms with Crippen LogP contribution < -0.4 is 10.6 Å². The monoisotopic (exact) mass is 357 g/mol. The van der Waals surface area contributed by atoms with Gasteiger partial charge in [0.15, 0.2) is 5.76 Å². The average molecular weight is 357 g/mol. The molecule has 0 saturated carbocycles. The molecule has 0 bridgehead atoms. The van der Waals surface area contributed by atoms with Crippen molar-refractivity contribution >= 4 is 11.9 Å². The van der Waals surface area contributed by atoms with Crippen molar-refractivity contribution in [2.75, 3.05) is 24.6 Å². The number of amides is 1. The van der Waals surface area contributed by atoms with Crippen LogP contribution in [0.4, 0.5) is 5.95 Å². The highest BCUT2D eigenvalue weighted by Crippen LogP contribution is 2.35. The predicted octanol–water partition coefficient (Wildman–Crippen LogP) is 1.99. The van der Waals surface area contributed by atoms with Gasteiger partial charge in [0, 0.05) is 37.9 Å². The summed E-state index contributed by atoms with van der Waals surface area (Å²) in [6.45, 7) is 4.07. The number of nitrogens with zero attached hydrogens (tertiary/aromatic N) is 4. The van der Waals surface area contributed by atoms with Gasteiger partial charge in [0.1, 0.15) is 6.10 Å². The molecule has 0 radical (unpaired) electrons. The maximum Gasteiger partial charge on any atom is 0.225 e. The van der Waals surface area contributed by atoms with Crippen LogP contribution in [0.5, 0.6) is 0 Å². The van der Waals surface area contributed by atoms with Crippen molar-refractivity contribution in [2.24, 2.45) is 11.7 Å². The Kier molecular flexibility index (Phi) is 4.58. The van der Waals surface area contributed by atoms with Gasteiger partial charge in [-0.05, 0) is 32.6 Å². The highest BCUT2D eigenvalue weighted by atomic mass is 16.5. The molecule has 2 saturated heterocycles. The predicted molar refractivity (Wildman–Crippen MR) is 94.3 cm³/mol. The Labute approximate surface area is 151 Å². The molecule has 2 aromatic rings. The first kappa shape index (κ1) is 17.0. The van der Waals surface area contributed by atoms with E-state index in [1.54, 1.807) is 6.20 Å². The third-order valence-electron chi connectivity index (χ3n) is 5.11. The second-order valence-electron chi connectivity index (χ2n) is 6.97. The summed E-state index contributed by atoms with van der Waals surface area (Å²) < 4.78 is 11.3. The third-order valence-corrected chi connectivity index (χ3v) is 5.11. The first-order valence-corrected chi connectivity index (χ1v) is 9.08. The van der Waals surface area contributed by atoms with Gasteiger partial charge in [0.05, 0.1) is 17.0 Å². The van der Waals surface area contributed by atoms with Crippen molar-refractivity contribution in [1.82, 2.24) is 15.1 Å². The molecule has 0 unspecified atom stereocenters. The van der Waals surface area contributed by atoms with Crippen molar-refractivity contribution in [1.29, 1.82) is 0 Å². The molecule has 4 heterocycles. The van der Waals surface area contributed by atoms with E-state index in [1.165, 1.54) is 0 Å². The summed E-state index contributed by atoms with van der Waals surface area (Å²) >= 11 is 0. The van der Waals surface area contributed by atoms with Crippen LogP contribution in [-0.4, -0.2) is 40.7 Å². The molecule has 2 aliphatic heterocycles. The lowest BCUT2D eigenvalue weighted by Gasteiger charge is -2.31. The number of ether oxygens (including phenoxy) is 1. The number of aromatic nitrogens is 3. The molecule has 2 N–H and O–H groups in total. The van der Waals surface area contributed by atoms with Crippen LogP contribution in [0.2, 0.25) is 0 Å². The number of rotatable bonds is 4. The maximum atomic E-state index is 11.4. The van der Waals surface area contributed by atoms with Gasteiger partial charge >= 0.3 is 0 Å². The van der Waals surface area contributed by atoms with E-state index in [2.05, 4.69) is 15.0 Å². The number of piperidine rings is 1. The van der Waals surface area contributed by atoms with Crippen LogP contribution in [0, 0.1) is 12.8 Å². The molecule has 0 aromatic carbocycles. The molecule has 2 aromatic heterocycles. The Morgan fingerprint density at radius 3 is 2.73 bits per heavy atom. The van der Waals surface area contributed by atoms with Crippen LogP contribution >= 0.6 is 0 Å². The van der Waals surface area contributed by atoms with Crippen LogP contribution in [0.3, 0.4) is 0 Å². The molecule has 1 amide bonds. The third kappa shape index (κ3) is 3.29. The molecule has 4 rings (SSSR count). The van der Waals surface area contributed by atoms with Crippen molar-refractivity contribution in [3.8, 4) is 11.3 Å². The summed E-state index contributed by atoms with van der Waals surface area (Å²) in [5, 5.41) is 3.97. The van der Waals surface area contributed by atoms with Crippen LogP contribution in [0.15, 0.2) is 16.8 Å². The molecule has 26 heavy (non-hydrogen) atoms. The highest BCUT2D eigenvalue weighted by molar-refractivity contribution is 5.77. The molecular weight excluding hydrogens is 334 g/mol. The number of carbonyl (C=O) groups is 1. The number of hydrogen-bond acceptors (Lipinski definition) is 7. The topological polar surface area (TPSA) is 107 Å². The summed E-state index contributed by atoms with van der Waals surface area (Å²) in [5.74, 6) is 1.05. The van der Waals surface area contributed by atoms with Gasteiger partial charge in [-0.1, -0.05) is 5.16 Å². The maximum absolute atomic E-state index is 11.4. The zero-order chi connectivity index (χ0) is 18.1. The molecule has 0 spiro atoms. The van der Waals surface area contributed by atoms with Crippen molar-refractivity contribution in [2.45, 2.75) is 38.7 Å². The van der Waals surface area contributed by atoms with E-state index < -0.39 is 0 Å². The summed E-state index contributed by atoms with van der Waals surface area (Å²) in [5.41, 5.74) is 7.91. The summed E-state index contributed by atoms with van der Waals surface area (Å²) in [7, 11) is 0. The van der Waals surface area contributed by atoms with Gasteiger partial charge in [0.25, 0.3) is 0 Å². The molecular formula is C18H23N5O3. The Hall–Kier alpha value is -2.48. The second kappa shape index (κ2) is 7.03. The highest BCUT2D eigenvalue weighted by Gasteiger charge is 2.28. The number of primary amides is 1. The zero-order valence-electron chi connectivity index (χ0n) is 14.9. The number of nitrogens with two attached hydrogens (primary N) is 1. The van der Waals surface area contributed by atoms with Gasteiger partial charge in [-0.2, -0.15) is 0 Å². The van der Waals surface area contributed by atoms with Crippen LogP contribution in [0.25, 0.3) is 11.3 Å². The zero-order valence-corrected chi connectivity index (χ0v) is 14.9. The Balaban J connectivity index is 1.63. The lowest BCUT2D eigenvalue weighted by atomic mass is 9.96. The minimum atomic E-state index is -0.221. The summed E-state index contributed by atoms with van der Waals surface area (Å²) in [6.07, 6.45) is 5.15. The Morgan fingerprint density at radius 2 is 2.12 bits per heavy atom. The van der Waals surface area contributed by atoms with E-state index >= 15 is 0 Å². The molecule has 2 aliphatic rings. The van der Waals surface area contributed by atoms with Gasteiger partial charge < -0.3 is 19.9 Å². The SMILES string of the molecule is Cc1cc(-c2cnc(N3CCC(C(N)=O)CC3)nc2[C@@H]2CCCO2)on1. The summed E-state index contributed by atoms with van der Waals surface area (Å²) in [6, 6.07) is 1.88. The standard InChI is InChI=1S/C18H23N5O3/c1-11-9-15(26-22-11)13-10-20-18(21-16(13)14-3-2-8-25-14)23-6-4-12(5-7-23)17(19)24/h9-10,12,14H,2-8H2,1H3,(H2,19,24)/t14-/m0/s1. The molecule has 0 aliphatic carbocycles. The molecule has 8 nitrogen and oxygen atoms in total. The van der Waals surface area contributed by atoms with Crippen LogP contribution in [0.1, 0.15) is 43.2 Å². The number of aryl methyl sites for hydroxylation is 1. The van der Waals surface area contributed by atoms with Gasteiger partial charge in [-0.3, -0.25) is 4.79 Å².